The summed E-state index contributed by atoms with van der Waals surface area (Å²) in [6.45, 7) is 3.51. The molecule has 0 fully saturated rings. The highest BCUT2D eigenvalue weighted by molar-refractivity contribution is 6.30. The summed E-state index contributed by atoms with van der Waals surface area (Å²) in [4.78, 5) is 11.5. The number of carbonyl (C=O) groups excluding carboxylic acids is 1. The van der Waals surface area contributed by atoms with Gasteiger partial charge in [0.15, 0.2) is 0 Å². The Bertz CT molecular complexity index is 500. The summed E-state index contributed by atoms with van der Waals surface area (Å²) in [5.74, 6) is 0.538. The van der Waals surface area contributed by atoms with Gasteiger partial charge in [0.1, 0.15) is 16.7 Å². The van der Waals surface area contributed by atoms with Gasteiger partial charge in [-0.3, -0.25) is 4.79 Å². The number of alkyl halides is 1. The van der Waals surface area contributed by atoms with Crippen molar-refractivity contribution < 1.29 is 9.21 Å². The summed E-state index contributed by atoms with van der Waals surface area (Å²) in [5.41, 5.74) is 0.822. The van der Waals surface area contributed by atoms with E-state index < -0.39 is 5.38 Å². The van der Waals surface area contributed by atoms with E-state index >= 15 is 0 Å². The van der Waals surface area contributed by atoms with Crippen molar-refractivity contribution in [2.75, 3.05) is 0 Å². The quantitative estimate of drug-likeness (QED) is 0.851. The number of halogens is 1. The lowest BCUT2D eigenvalue weighted by molar-refractivity contribution is -0.121. The fourth-order valence-electron chi connectivity index (χ4n) is 1.62. The maximum atomic E-state index is 11.5. The Balaban J connectivity index is 2.19. The van der Waals surface area contributed by atoms with E-state index in [-0.39, 0.29) is 11.9 Å². The van der Waals surface area contributed by atoms with Crippen LogP contribution in [0.3, 0.4) is 0 Å². The molecule has 0 saturated carbocycles. The van der Waals surface area contributed by atoms with Crippen LogP contribution in [-0.4, -0.2) is 11.3 Å². The summed E-state index contributed by atoms with van der Waals surface area (Å²) in [6, 6.07) is 9.49. The highest BCUT2D eigenvalue weighted by Gasteiger charge is 2.16. The first-order chi connectivity index (χ1) is 8.08. The van der Waals surface area contributed by atoms with E-state index in [9.17, 15) is 4.79 Å². The van der Waals surface area contributed by atoms with Gasteiger partial charge in [-0.1, -0.05) is 18.2 Å². The third-order valence-electron chi connectivity index (χ3n) is 2.59. The number of nitrogens with one attached hydrogen (secondary N) is 1. The van der Waals surface area contributed by atoms with Crippen LogP contribution in [0, 0.1) is 0 Å². The Hall–Kier alpha value is -1.48. The number of furan rings is 1. The van der Waals surface area contributed by atoms with Gasteiger partial charge >= 0.3 is 0 Å². The Morgan fingerprint density at radius 3 is 2.71 bits per heavy atom. The summed E-state index contributed by atoms with van der Waals surface area (Å²) >= 11 is 5.70. The molecule has 1 heterocycles. The van der Waals surface area contributed by atoms with E-state index in [0.29, 0.717) is 0 Å². The highest BCUT2D eigenvalue weighted by atomic mass is 35.5. The van der Waals surface area contributed by atoms with Gasteiger partial charge in [-0.05, 0) is 26.0 Å². The zero-order valence-corrected chi connectivity index (χ0v) is 10.5. The lowest BCUT2D eigenvalue weighted by Crippen LogP contribution is -2.31. The molecule has 0 bridgehead atoms. The number of rotatable bonds is 3. The molecule has 0 aliphatic rings. The normalized spacial score (nSPS) is 14.5. The second-order valence-electron chi connectivity index (χ2n) is 4.03. The van der Waals surface area contributed by atoms with Gasteiger partial charge in [-0.25, -0.2) is 0 Å². The van der Waals surface area contributed by atoms with Gasteiger partial charge in [-0.2, -0.15) is 0 Å². The number of amides is 1. The fraction of sp³-hybridized carbons (Fsp3) is 0.308. The Labute approximate surface area is 105 Å². The smallest absolute Gasteiger partial charge is 0.238 e. The first kappa shape index (κ1) is 12.0. The van der Waals surface area contributed by atoms with E-state index in [1.165, 1.54) is 0 Å². The number of carbonyl (C=O) groups is 1. The summed E-state index contributed by atoms with van der Waals surface area (Å²) in [5, 5.41) is 3.28. The van der Waals surface area contributed by atoms with Crippen LogP contribution >= 0.6 is 11.6 Å². The van der Waals surface area contributed by atoms with Crippen LogP contribution in [0.5, 0.6) is 0 Å². The molecule has 0 spiro atoms. The second kappa shape index (κ2) is 4.80. The standard InChI is InChI=1S/C13H14ClNO2/c1-8(14)13(16)15-9(2)12-7-10-5-3-4-6-11(10)17-12/h3-9H,1-2H3,(H,15,16)/t8-,9-/m0/s1. The van der Waals surface area contributed by atoms with Crippen molar-refractivity contribution in [3.63, 3.8) is 0 Å². The lowest BCUT2D eigenvalue weighted by atomic mass is 10.2. The van der Waals surface area contributed by atoms with Gasteiger partial charge in [0.05, 0.1) is 6.04 Å². The Morgan fingerprint density at radius 2 is 2.06 bits per heavy atom. The van der Waals surface area contributed by atoms with E-state index in [0.717, 1.165) is 16.7 Å². The monoisotopic (exact) mass is 251 g/mol. The van der Waals surface area contributed by atoms with Crippen molar-refractivity contribution >= 4 is 28.5 Å². The van der Waals surface area contributed by atoms with Crippen molar-refractivity contribution in [1.29, 1.82) is 0 Å². The predicted octanol–water partition coefficient (Wildman–Crippen LogP) is 3.24. The molecule has 2 aromatic rings. The molecule has 1 aromatic heterocycles. The summed E-state index contributed by atoms with van der Waals surface area (Å²) in [7, 11) is 0. The molecule has 4 heteroatoms. The SMILES string of the molecule is C[C@H](Cl)C(=O)N[C@@H](C)c1cc2ccccc2o1. The molecule has 17 heavy (non-hydrogen) atoms. The van der Waals surface area contributed by atoms with Crippen molar-refractivity contribution in [2.45, 2.75) is 25.3 Å². The largest absolute Gasteiger partial charge is 0.459 e. The molecule has 1 amide bonds. The summed E-state index contributed by atoms with van der Waals surface area (Å²) < 4.78 is 5.65. The topological polar surface area (TPSA) is 42.2 Å². The molecule has 0 aliphatic heterocycles. The fourth-order valence-corrected chi connectivity index (χ4v) is 1.68. The van der Waals surface area contributed by atoms with Gasteiger partial charge in [0.25, 0.3) is 0 Å². The maximum Gasteiger partial charge on any atom is 0.238 e. The second-order valence-corrected chi connectivity index (χ2v) is 4.69. The lowest BCUT2D eigenvalue weighted by Gasteiger charge is -2.12. The van der Waals surface area contributed by atoms with Crippen LogP contribution < -0.4 is 5.32 Å². The van der Waals surface area contributed by atoms with E-state index in [2.05, 4.69) is 5.32 Å². The molecular weight excluding hydrogens is 238 g/mol. The highest BCUT2D eigenvalue weighted by Crippen LogP contribution is 2.23. The van der Waals surface area contributed by atoms with Gasteiger partial charge in [0, 0.05) is 5.39 Å². The molecule has 2 rings (SSSR count). The molecule has 1 aromatic carbocycles. The Morgan fingerprint density at radius 1 is 1.35 bits per heavy atom. The predicted molar refractivity (Wildman–Crippen MR) is 68.1 cm³/mol. The molecule has 2 atom stereocenters. The third kappa shape index (κ3) is 2.61. The van der Waals surface area contributed by atoms with Gasteiger partial charge < -0.3 is 9.73 Å². The number of para-hydroxylation sites is 1. The van der Waals surface area contributed by atoms with E-state index in [4.69, 9.17) is 16.0 Å². The molecule has 3 nitrogen and oxygen atoms in total. The van der Waals surface area contributed by atoms with Crippen LogP contribution in [-0.2, 0) is 4.79 Å². The molecule has 0 radical (unpaired) electrons. The zero-order valence-electron chi connectivity index (χ0n) is 9.74. The zero-order chi connectivity index (χ0) is 12.4. The molecule has 0 unspecified atom stereocenters. The third-order valence-corrected chi connectivity index (χ3v) is 2.79. The van der Waals surface area contributed by atoms with Crippen molar-refractivity contribution in [1.82, 2.24) is 5.32 Å². The molecule has 0 aliphatic carbocycles. The van der Waals surface area contributed by atoms with Crippen molar-refractivity contribution in [3.8, 4) is 0 Å². The first-order valence-electron chi connectivity index (χ1n) is 5.51. The van der Waals surface area contributed by atoms with Crippen LogP contribution in [0.2, 0.25) is 0 Å². The maximum absolute atomic E-state index is 11.5. The van der Waals surface area contributed by atoms with Crippen molar-refractivity contribution in [3.05, 3.63) is 36.1 Å². The number of hydrogen-bond acceptors (Lipinski definition) is 2. The van der Waals surface area contributed by atoms with E-state index in [1.54, 1.807) is 6.92 Å². The van der Waals surface area contributed by atoms with Crippen LogP contribution in [0.1, 0.15) is 25.6 Å². The van der Waals surface area contributed by atoms with Crippen LogP contribution in [0.4, 0.5) is 0 Å². The molecule has 0 saturated heterocycles. The van der Waals surface area contributed by atoms with Crippen LogP contribution in [0.25, 0.3) is 11.0 Å². The Kier molecular flexibility index (Phi) is 3.38. The van der Waals surface area contributed by atoms with Crippen molar-refractivity contribution in [2.24, 2.45) is 0 Å². The molecule has 1 N–H and O–H groups in total. The number of fused-ring (bicyclic) bond motifs is 1. The van der Waals surface area contributed by atoms with Crippen LogP contribution in [0.15, 0.2) is 34.7 Å². The number of benzene rings is 1. The molecule has 90 valence electrons. The van der Waals surface area contributed by atoms with Gasteiger partial charge in [-0.15, -0.1) is 11.6 Å². The minimum absolute atomic E-state index is 0.184. The minimum Gasteiger partial charge on any atom is -0.459 e. The van der Waals surface area contributed by atoms with E-state index in [1.807, 2.05) is 37.3 Å². The number of hydrogen-bond donors (Lipinski definition) is 1. The van der Waals surface area contributed by atoms with Gasteiger partial charge in [0.2, 0.25) is 5.91 Å². The minimum atomic E-state index is -0.540. The summed E-state index contributed by atoms with van der Waals surface area (Å²) in [6.07, 6.45) is 0. The molecular formula is C13H14ClNO2. The first-order valence-corrected chi connectivity index (χ1v) is 5.94. The average Bonchev–Trinajstić information content (AvgIpc) is 2.72. The average molecular weight is 252 g/mol.